The molecule has 0 aromatic carbocycles. The van der Waals surface area contributed by atoms with Crippen molar-refractivity contribution in [2.45, 2.75) is 25.7 Å². The average molecular weight is 190 g/mol. The molecule has 0 aromatic rings. The van der Waals surface area contributed by atoms with Crippen molar-refractivity contribution < 1.29 is 20.1 Å². The van der Waals surface area contributed by atoms with Crippen LogP contribution in [0.1, 0.15) is 25.7 Å². The highest BCUT2D eigenvalue weighted by atomic mass is 16.3. The van der Waals surface area contributed by atoms with Crippen LogP contribution in [0.4, 0.5) is 0 Å². The highest BCUT2D eigenvalue weighted by molar-refractivity contribution is 5.50. The summed E-state index contributed by atoms with van der Waals surface area (Å²) in [5, 5.41) is 26.4. The van der Waals surface area contributed by atoms with Gasteiger partial charge in [-0.05, 0) is 24.7 Å². The lowest BCUT2D eigenvalue weighted by Gasteiger charge is -2.30. The highest BCUT2D eigenvalue weighted by Gasteiger charge is 2.27. The Morgan fingerprint density at radius 1 is 0.923 bits per heavy atom. The molecular formula is C9H18O4. The molecular weight excluding hydrogens is 172 g/mol. The molecule has 0 aromatic heterocycles. The molecule has 0 radical (unpaired) electrons. The van der Waals surface area contributed by atoms with Crippen molar-refractivity contribution in [3.63, 3.8) is 0 Å². The Labute approximate surface area is 78.2 Å². The minimum atomic E-state index is -0.417. The second-order valence-corrected chi connectivity index (χ2v) is 3.29. The number of aliphatic hydroxyl groups is 3. The number of rotatable bonds is 8. The summed E-state index contributed by atoms with van der Waals surface area (Å²) >= 11 is 0. The van der Waals surface area contributed by atoms with Gasteiger partial charge in [0.1, 0.15) is 6.29 Å². The monoisotopic (exact) mass is 190 g/mol. The van der Waals surface area contributed by atoms with E-state index >= 15 is 0 Å². The Hall–Kier alpha value is -0.450. The molecule has 13 heavy (non-hydrogen) atoms. The molecule has 4 heteroatoms. The molecule has 0 aliphatic rings. The van der Waals surface area contributed by atoms with Crippen LogP contribution in [0.3, 0.4) is 0 Å². The van der Waals surface area contributed by atoms with Gasteiger partial charge in [0.2, 0.25) is 0 Å². The lowest BCUT2D eigenvalue weighted by atomic mass is 9.76. The van der Waals surface area contributed by atoms with Gasteiger partial charge in [0.05, 0.1) is 0 Å². The lowest BCUT2D eigenvalue weighted by Crippen LogP contribution is -2.26. The lowest BCUT2D eigenvalue weighted by molar-refractivity contribution is -0.110. The fourth-order valence-corrected chi connectivity index (χ4v) is 1.57. The maximum absolute atomic E-state index is 10.4. The van der Waals surface area contributed by atoms with Gasteiger partial charge in [-0.15, -0.1) is 0 Å². The van der Waals surface area contributed by atoms with E-state index in [0.717, 1.165) is 6.29 Å². The van der Waals surface area contributed by atoms with Gasteiger partial charge in [-0.25, -0.2) is 0 Å². The van der Waals surface area contributed by atoms with E-state index in [2.05, 4.69) is 0 Å². The van der Waals surface area contributed by atoms with Crippen molar-refractivity contribution in [1.29, 1.82) is 0 Å². The summed E-state index contributed by atoms with van der Waals surface area (Å²) in [6, 6.07) is 0. The van der Waals surface area contributed by atoms with E-state index in [-0.39, 0.29) is 26.2 Å². The largest absolute Gasteiger partial charge is 0.396 e. The van der Waals surface area contributed by atoms with Crippen LogP contribution < -0.4 is 0 Å². The molecule has 78 valence electrons. The number of hydrogen-bond donors (Lipinski definition) is 3. The summed E-state index contributed by atoms with van der Waals surface area (Å²) in [7, 11) is 0. The molecule has 4 nitrogen and oxygen atoms in total. The van der Waals surface area contributed by atoms with Crippen LogP contribution in [-0.2, 0) is 4.79 Å². The molecule has 0 aliphatic carbocycles. The molecule has 0 rings (SSSR count). The summed E-state index contributed by atoms with van der Waals surface area (Å²) in [5.41, 5.74) is -0.417. The van der Waals surface area contributed by atoms with E-state index in [1.54, 1.807) is 0 Å². The third kappa shape index (κ3) is 4.36. The van der Waals surface area contributed by atoms with Crippen molar-refractivity contribution in [3.05, 3.63) is 0 Å². The van der Waals surface area contributed by atoms with E-state index < -0.39 is 5.41 Å². The molecule has 3 N–H and O–H groups in total. The molecule has 0 bridgehead atoms. The average Bonchev–Trinajstić information content (AvgIpc) is 2.06. The molecule has 0 saturated carbocycles. The van der Waals surface area contributed by atoms with Gasteiger partial charge in [0, 0.05) is 26.2 Å². The topological polar surface area (TPSA) is 77.8 Å². The molecule has 0 aliphatic heterocycles. The highest BCUT2D eigenvalue weighted by Crippen LogP contribution is 2.33. The molecule has 0 fully saturated rings. The SMILES string of the molecule is O=CCC(CCO)(CCO)CCO. The van der Waals surface area contributed by atoms with Gasteiger partial charge in [-0.3, -0.25) is 0 Å². The Morgan fingerprint density at radius 3 is 1.54 bits per heavy atom. The van der Waals surface area contributed by atoms with Crippen LogP contribution in [0.15, 0.2) is 0 Å². The maximum atomic E-state index is 10.4. The van der Waals surface area contributed by atoms with Crippen LogP contribution in [0.2, 0.25) is 0 Å². The minimum Gasteiger partial charge on any atom is -0.396 e. The first kappa shape index (κ1) is 12.6. The van der Waals surface area contributed by atoms with Gasteiger partial charge in [-0.2, -0.15) is 0 Å². The summed E-state index contributed by atoms with van der Waals surface area (Å²) in [4.78, 5) is 10.4. The van der Waals surface area contributed by atoms with E-state index in [0.29, 0.717) is 19.3 Å². The number of hydrogen-bond acceptors (Lipinski definition) is 4. The normalized spacial score (nSPS) is 11.6. The maximum Gasteiger partial charge on any atom is 0.120 e. The van der Waals surface area contributed by atoms with Crippen molar-refractivity contribution in [1.82, 2.24) is 0 Å². The zero-order valence-corrected chi connectivity index (χ0v) is 7.78. The number of aldehydes is 1. The van der Waals surface area contributed by atoms with E-state index in [4.69, 9.17) is 15.3 Å². The van der Waals surface area contributed by atoms with Crippen LogP contribution in [-0.4, -0.2) is 41.4 Å². The molecule has 0 amide bonds. The standard InChI is InChI=1S/C9H18O4/c10-5-1-9(2-6-11,3-7-12)4-8-13/h5,11-13H,1-4,6-8H2. The van der Waals surface area contributed by atoms with Crippen LogP contribution in [0, 0.1) is 5.41 Å². The Morgan fingerprint density at radius 2 is 1.31 bits per heavy atom. The van der Waals surface area contributed by atoms with Gasteiger partial charge in [0.25, 0.3) is 0 Å². The Bertz CT molecular complexity index is 119. The Balaban J connectivity index is 4.27. The second-order valence-electron chi connectivity index (χ2n) is 3.29. The summed E-state index contributed by atoms with van der Waals surface area (Å²) in [6.45, 7) is -0.0600. The Kier molecular flexibility index (Phi) is 6.76. The zero-order chi connectivity index (χ0) is 10.2. The quantitative estimate of drug-likeness (QED) is 0.460. The zero-order valence-electron chi connectivity index (χ0n) is 7.78. The number of carbonyl (C=O) groups is 1. The summed E-state index contributed by atoms with van der Waals surface area (Å²) in [6.07, 6.45) is 2.42. The van der Waals surface area contributed by atoms with Gasteiger partial charge in [-0.1, -0.05) is 0 Å². The van der Waals surface area contributed by atoms with Gasteiger partial charge < -0.3 is 20.1 Å². The summed E-state index contributed by atoms with van der Waals surface area (Å²) in [5.74, 6) is 0. The van der Waals surface area contributed by atoms with Crippen molar-refractivity contribution >= 4 is 6.29 Å². The van der Waals surface area contributed by atoms with Crippen LogP contribution in [0.5, 0.6) is 0 Å². The van der Waals surface area contributed by atoms with Crippen molar-refractivity contribution in [2.24, 2.45) is 5.41 Å². The second kappa shape index (κ2) is 7.00. The van der Waals surface area contributed by atoms with Crippen molar-refractivity contribution in [3.8, 4) is 0 Å². The summed E-state index contributed by atoms with van der Waals surface area (Å²) < 4.78 is 0. The number of carbonyl (C=O) groups excluding carboxylic acids is 1. The predicted octanol–water partition coefficient (Wildman–Crippen LogP) is -0.291. The smallest absolute Gasteiger partial charge is 0.120 e. The van der Waals surface area contributed by atoms with E-state index in [1.807, 2.05) is 0 Å². The van der Waals surface area contributed by atoms with Gasteiger partial charge >= 0.3 is 0 Å². The fourth-order valence-electron chi connectivity index (χ4n) is 1.57. The number of aliphatic hydroxyl groups excluding tert-OH is 3. The van der Waals surface area contributed by atoms with E-state index in [1.165, 1.54) is 0 Å². The fraction of sp³-hybridized carbons (Fsp3) is 0.889. The van der Waals surface area contributed by atoms with E-state index in [9.17, 15) is 4.79 Å². The minimum absolute atomic E-state index is 0.0200. The predicted molar refractivity (Wildman–Crippen MR) is 48.2 cm³/mol. The van der Waals surface area contributed by atoms with Crippen LogP contribution >= 0.6 is 0 Å². The third-order valence-corrected chi connectivity index (χ3v) is 2.44. The molecule has 0 saturated heterocycles. The molecule has 0 heterocycles. The van der Waals surface area contributed by atoms with Gasteiger partial charge in [0.15, 0.2) is 0 Å². The molecule has 0 atom stereocenters. The van der Waals surface area contributed by atoms with Crippen LogP contribution in [0.25, 0.3) is 0 Å². The first-order chi connectivity index (χ1) is 6.24. The third-order valence-electron chi connectivity index (χ3n) is 2.44. The first-order valence-corrected chi connectivity index (χ1v) is 4.51. The molecule has 0 unspecified atom stereocenters. The molecule has 0 spiro atoms. The van der Waals surface area contributed by atoms with Crippen molar-refractivity contribution in [2.75, 3.05) is 19.8 Å². The first-order valence-electron chi connectivity index (χ1n) is 4.51.